The maximum Gasteiger partial charge on any atom is 0.229 e. The van der Waals surface area contributed by atoms with Crippen molar-refractivity contribution in [3.63, 3.8) is 0 Å². The lowest BCUT2D eigenvalue weighted by Crippen LogP contribution is -2.49. The van der Waals surface area contributed by atoms with Crippen molar-refractivity contribution in [1.29, 1.82) is 0 Å². The Hall–Kier alpha value is -3.50. The van der Waals surface area contributed by atoms with Gasteiger partial charge in [-0.25, -0.2) is 19.9 Å². The predicted molar refractivity (Wildman–Crippen MR) is 171 cm³/mol. The summed E-state index contributed by atoms with van der Waals surface area (Å²) < 4.78 is 2.34. The Bertz CT molecular complexity index is 1740. The van der Waals surface area contributed by atoms with Crippen molar-refractivity contribution in [2.24, 2.45) is 0 Å². The molecule has 2 aliphatic rings. The van der Waals surface area contributed by atoms with Crippen LogP contribution in [0.1, 0.15) is 31.7 Å². The number of halogens is 2. The Labute approximate surface area is 254 Å². The number of rotatable bonds is 5. The fourth-order valence-electron chi connectivity index (χ4n) is 6.48. The van der Waals surface area contributed by atoms with Gasteiger partial charge in [0.2, 0.25) is 5.95 Å². The van der Waals surface area contributed by atoms with Crippen LogP contribution in [0.5, 0.6) is 0 Å². The van der Waals surface area contributed by atoms with Crippen LogP contribution >= 0.6 is 23.2 Å². The van der Waals surface area contributed by atoms with Crippen LogP contribution < -0.4 is 11.1 Å². The third kappa shape index (κ3) is 5.26. The standard InChI is InChI=1S/C31H33Cl2N9/c1-40-12-14-41(15-13-40)22-7-9-23(10-8-22)42-17-25(27-29(34)35-18-36-30(27)42)19-2-5-21(6-3-19)37-31-38-26-11-4-20(32)16-24(26)28(33)39-31/h2-6,11,16-18,22-23H,7-10,12-15H2,1H3,(H2,34,35,36)(H,37,38,39)/t22-,23+. The highest BCUT2D eigenvalue weighted by Crippen LogP contribution is 2.39. The molecule has 0 unspecified atom stereocenters. The fraction of sp³-hybridized carbons (Fsp3) is 0.355. The monoisotopic (exact) mass is 601 g/mol. The molecule has 3 aromatic heterocycles. The van der Waals surface area contributed by atoms with E-state index in [0.717, 1.165) is 59.3 Å². The van der Waals surface area contributed by atoms with Gasteiger partial charge in [-0.3, -0.25) is 4.90 Å². The van der Waals surface area contributed by atoms with Crippen LogP contribution in [0.2, 0.25) is 10.2 Å². The summed E-state index contributed by atoms with van der Waals surface area (Å²) in [7, 11) is 2.22. The van der Waals surface area contributed by atoms with Crippen LogP contribution in [0.4, 0.5) is 17.5 Å². The molecule has 2 aromatic carbocycles. The second kappa shape index (κ2) is 11.3. The van der Waals surface area contributed by atoms with Crippen LogP contribution in [0.25, 0.3) is 33.1 Å². The topological polar surface area (TPSA) is 101 Å². The van der Waals surface area contributed by atoms with Crippen LogP contribution in [0.15, 0.2) is 55.0 Å². The first-order chi connectivity index (χ1) is 20.4. The molecule has 5 aromatic rings. The highest BCUT2D eigenvalue weighted by Gasteiger charge is 2.30. The van der Waals surface area contributed by atoms with Gasteiger partial charge >= 0.3 is 0 Å². The number of nitrogens with two attached hydrogens (primary N) is 1. The molecule has 0 spiro atoms. The SMILES string of the molecule is CN1CCN([C@H]2CC[C@@H](n3cc(-c4ccc(Nc5nc(Cl)c6cc(Cl)ccc6n5)cc4)c4c(N)ncnc43)CC2)CC1. The largest absolute Gasteiger partial charge is 0.383 e. The minimum atomic E-state index is 0.350. The quantitative estimate of drug-likeness (QED) is 0.223. The lowest BCUT2D eigenvalue weighted by Gasteiger charge is -2.41. The zero-order valence-corrected chi connectivity index (χ0v) is 25.0. The molecular formula is C31H33Cl2N9. The third-order valence-electron chi connectivity index (χ3n) is 8.82. The zero-order chi connectivity index (χ0) is 28.8. The maximum atomic E-state index is 6.44. The summed E-state index contributed by atoms with van der Waals surface area (Å²) in [6.07, 6.45) is 8.47. The molecule has 2 fully saturated rings. The maximum absolute atomic E-state index is 6.44. The molecule has 216 valence electrons. The van der Waals surface area contributed by atoms with E-state index >= 15 is 0 Å². The molecule has 0 bridgehead atoms. The van der Waals surface area contributed by atoms with Crippen molar-refractivity contribution in [3.05, 3.63) is 65.2 Å². The van der Waals surface area contributed by atoms with Gasteiger partial charge in [-0.15, -0.1) is 0 Å². The Morgan fingerprint density at radius 3 is 2.38 bits per heavy atom. The number of anilines is 3. The molecule has 0 atom stereocenters. The van der Waals surface area contributed by atoms with Crippen molar-refractivity contribution < 1.29 is 0 Å². The van der Waals surface area contributed by atoms with Gasteiger partial charge in [0.15, 0.2) is 0 Å². The minimum absolute atomic E-state index is 0.350. The zero-order valence-electron chi connectivity index (χ0n) is 23.5. The van der Waals surface area contributed by atoms with E-state index in [-0.39, 0.29) is 0 Å². The summed E-state index contributed by atoms with van der Waals surface area (Å²) in [4.78, 5) is 23.1. The van der Waals surface area contributed by atoms with Crippen LogP contribution in [0, 0.1) is 0 Å². The van der Waals surface area contributed by atoms with E-state index < -0.39 is 0 Å². The van der Waals surface area contributed by atoms with Gasteiger partial charge in [0.1, 0.15) is 22.9 Å². The summed E-state index contributed by atoms with van der Waals surface area (Å²) in [5.74, 6) is 0.922. The van der Waals surface area contributed by atoms with E-state index in [0.29, 0.717) is 39.4 Å². The van der Waals surface area contributed by atoms with Gasteiger partial charge in [0.05, 0.1) is 10.9 Å². The summed E-state index contributed by atoms with van der Waals surface area (Å²) in [6, 6.07) is 14.6. The summed E-state index contributed by atoms with van der Waals surface area (Å²) in [6.45, 7) is 4.67. The van der Waals surface area contributed by atoms with E-state index in [1.54, 1.807) is 18.5 Å². The highest BCUT2D eigenvalue weighted by molar-refractivity contribution is 6.35. The molecule has 1 saturated carbocycles. The van der Waals surface area contributed by atoms with E-state index in [1.807, 2.05) is 18.2 Å². The lowest BCUT2D eigenvalue weighted by molar-refractivity contribution is 0.0828. The average Bonchev–Trinajstić information content (AvgIpc) is 3.40. The Balaban J connectivity index is 1.12. The van der Waals surface area contributed by atoms with Gasteiger partial charge in [0.25, 0.3) is 0 Å². The number of hydrogen-bond donors (Lipinski definition) is 2. The fourth-order valence-corrected chi connectivity index (χ4v) is 6.88. The number of nitrogens with zero attached hydrogens (tertiary/aromatic N) is 7. The van der Waals surface area contributed by atoms with Gasteiger partial charge in [-0.05, 0) is 68.6 Å². The molecule has 1 saturated heterocycles. The number of fused-ring (bicyclic) bond motifs is 2. The number of nitrogens with one attached hydrogen (secondary N) is 1. The Morgan fingerprint density at radius 2 is 1.62 bits per heavy atom. The molecule has 4 heterocycles. The average molecular weight is 603 g/mol. The number of piperazine rings is 1. The summed E-state index contributed by atoms with van der Waals surface area (Å²) in [5.41, 5.74) is 11.0. The smallest absolute Gasteiger partial charge is 0.229 e. The molecule has 0 radical (unpaired) electrons. The van der Waals surface area contributed by atoms with Crippen LogP contribution in [-0.4, -0.2) is 73.6 Å². The van der Waals surface area contributed by atoms with Crippen molar-refractivity contribution in [1.82, 2.24) is 34.3 Å². The number of likely N-dealkylation sites (N-methyl/N-ethyl adjacent to an activating group) is 1. The molecule has 3 N–H and O–H groups in total. The molecule has 11 heteroatoms. The molecule has 9 nitrogen and oxygen atoms in total. The molecule has 1 aliphatic carbocycles. The first kappa shape index (κ1) is 27.3. The normalized spacial score (nSPS) is 20.4. The van der Waals surface area contributed by atoms with Crippen molar-refractivity contribution >= 4 is 62.6 Å². The van der Waals surface area contributed by atoms with Crippen LogP contribution in [0.3, 0.4) is 0 Å². The highest BCUT2D eigenvalue weighted by atomic mass is 35.5. The molecule has 0 amide bonds. The van der Waals surface area contributed by atoms with Crippen molar-refractivity contribution in [2.45, 2.75) is 37.8 Å². The molecular weight excluding hydrogens is 569 g/mol. The van der Waals surface area contributed by atoms with E-state index in [2.05, 4.69) is 60.0 Å². The Kier molecular flexibility index (Phi) is 7.35. The minimum Gasteiger partial charge on any atom is -0.383 e. The van der Waals surface area contributed by atoms with Gasteiger partial charge in [-0.1, -0.05) is 35.3 Å². The van der Waals surface area contributed by atoms with Gasteiger partial charge in [-0.2, -0.15) is 0 Å². The molecule has 1 aliphatic heterocycles. The van der Waals surface area contributed by atoms with Crippen molar-refractivity contribution in [2.75, 3.05) is 44.3 Å². The second-order valence-corrected chi connectivity index (χ2v) is 12.2. The van der Waals surface area contributed by atoms with E-state index in [1.165, 1.54) is 25.9 Å². The Morgan fingerprint density at radius 1 is 0.881 bits per heavy atom. The van der Waals surface area contributed by atoms with Crippen molar-refractivity contribution in [3.8, 4) is 11.1 Å². The lowest BCUT2D eigenvalue weighted by atomic mass is 9.89. The molecule has 7 rings (SSSR count). The van der Waals surface area contributed by atoms with Crippen LogP contribution in [-0.2, 0) is 0 Å². The number of benzene rings is 2. The first-order valence-electron chi connectivity index (χ1n) is 14.5. The summed E-state index contributed by atoms with van der Waals surface area (Å²) >= 11 is 12.5. The summed E-state index contributed by atoms with van der Waals surface area (Å²) in [5, 5.41) is 5.83. The predicted octanol–water partition coefficient (Wildman–Crippen LogP) is 6.41. The number of hydrogen-bond acceptors (Lipinski definition) is 8. The number of nitrogen functional groups attached to an aromatic ring is 1. The van der Waals surface area contributed by atoms with Gasteiger partial charge < -0.3 is 20.5 Å². The first-order valence-corrected chi connectivity index (χ1v) is 15.2. The van der Waals surface area contributed by atoms with E-state index in [4.69, 9.17) is 33.9 Å². The van der Waals surface area contributed by atoms with Gasteiger partial charge in [0, 0.05) is 66.1 Å². The third-order valence-corrected chi connectivity index (χ3v) is 9.34. The molecule has 42 heavy (non-hydrogen) atoms. The number of aromatic nitrogens is 5. The second-order valence-electron chi connectivity index (χ2n) is 11.4. The van der Waals surface area contributed by atoms with E-state index in [9.17, 15) is 0 Å².